The number of nitrogens with one attached hydrogen (secondary N) is 1. The molecular weight excluding hydrogens is 214 g/mol. The first-order chi connectivity index (χ1) is 8.11. The molecule has 2 rings (SSSR count). The fourth-order valence-electron chi connectivity index (χ4n) is 2.32. The maximum atomic E-state index is 12.5. The molecule has 1 N–H and O–H groups in total. The second-order valence-electron chi connectivity index (χ2n) is 4.95. The standard InChI is InChI=1S/C13H21N3O/c1-10(2)15-7-4-5-12(15)13(17)16-8-6-14-9-11(16)3/h4-5,7,10-11,14H,6,8-9H2,1-3H3/t11-/m1/s1. The van der Waals surface area contributed by atoms with E-state index in [1.54, 1.807) is 0 Å². The summed E-state index contributed by atoms with van der Waals surface area (Å²) in [5.41, 5.74) is 0.800. The van der Waals surface area contributed by atoms with Gasteiger partial charge in [-0.15, -0.1) is 0 Å². The third kappa shape index (κ3) is 2.36. The third-order valence-electron chi connectivity index (χ3n) is 3.32. The average Bonchev–Trinajstić information content (AvgIpc) is 2.77. The summed E-state index contributed by atoms with van der Waals surface area (Å²) in [6.07, 6.45) is 1.98. The van der Waals surface area contributed by atoms with Crippen LogP contribution >= 0.6 is 0 Å². The van der Waals surface area contributed by atoms with Crippen LogP contribution in [-0.2, 0) is 0 Å². The Hall–Kier alpha value is -1.29. The van der Waals surface area contributed by atoms with Gasteiger partial charge in [0, 0.05) is 37.9 Å². The van der Waals surface area contributed by atoms with Crippen LogP contribution in [0.5, 0.6) is 0 Å². The van der Waals surface area contributed by atoms with Gasteiger partial charge < -0.3 is 14.8 Å². The highest BCUT2D eigenvalue weighted by Crippen LogP contribution is 2.15. The summed E-state index contributed by atoms with van der Waals surface area (Å²) < 4.78 is 2.04. The second kappa shape index (κ2) is 4.92. The first-order valence-corrected chi connectivity index (χ1v) is 6.29. The topological polar surface area (TPSA) is 37.3 Å². The van der Waals surface area contributed by atoms with Crippen molar-refractivity contribution in [3.8, 4) is 0 Å². The smallest absolute Gasteiger partial charge is 0.270 e. The van der Waals surface area contributed by atoms with Gasteiger partial charge >= 0.3 is 0 Å². The Kier molecular flexibility index (Phi) is 3.52. The van der Waals surface area contributed by atoms with E-state index in [-0.39, 0.29) is 11.9 Å². The number of hydrogen-bond acceptors (Lipinski definition) is 2. The highest BCUT2D eigenvalue weighted by molar-refractivity contribution is 5.93. The van der Waals surface area contributed by atoms with Crippen LogP contribution in [0.15, 0.2) is 18.3 Å². The first-order valence-electron chi connectivity index (χ1n) is 6.29. The summed E-state index contributed by atoms with van der Waals surface area (Å²) in [5.74, 6) is 0.151. The Bertz CT molecular complexity index is 397. The molecule has 1 aromatic rings. The van der Waals surface area contributed by atoms with Gasteiger partial charge in [-0.25, -0.2) is 0 Å². The minimum absolute atomic E-state index is 0.151. The molecule has 0 aliphatic carbocycles. The van der Waals surface area contributed by atoms with Crippen molar-refractivity contribution in [3.05, 3.63) is 24.0 Å². The SMILES string of the molecule is CC(C)n1cccc1C(=O)N1CCNC[C@H]1C. The molecule has 1 atom stereocenters. The molecule has 4 heteroatoms. The number of carbonyl (C=O) groups excluding carboxylic acids is 1. The Morgan fingerprint density at radius 3 is 2.94 bits per heavy atom. The van der Waals surface area contributed by atoms with Gasteiger partial charge in [0.15, 0.2) is 0 Å². The highest BCUT2D eigenvalue weighted by atomic mass is 16.2. The summed E-state index contributed by atoms with van der Waals surface area (Å²) in [7, 11) is 0. The van der Waals surface area contributed by atoms with E-state index in [1.165, 1.54) is 0 Å². The lowest BCUT2D eigenvalue weighted by atomic mass is 10.2. The van der Waals surface area contributed by atoms with Gasteiger partial charge in [0.25, 0.3) is 5.91 Å². The number of nitrogens with zero attached hydrogens (tertiary/aromatic N) is 2. The van der Waals surface area contributed by atoms with Gasteiger partial charge in [0.05, 0.1) is 0 Å². The van der Waals surface area contributed by atoms with Crippen LogP contribution in [0.3, 0.4) is 0 Å². The minimum Gasteiger partial charge on any atom is -0.341 e. The summed E-state index contributed by atoms with van der Waals surface area (Å²) in [4.78, 5) is 14.4. The van der Waals surface area contributed by atoms with Crippen molar-refractivity contribution in [2.24, 2.45) is 0 Å². The van der Waals surface area contributed by atoms with Gasteiger partial charge in [0.1, 0.15) is 5.69 Å². The zero-order valence-corrected chi connectivity index (χ0v) is 10.8. The van der Waals surface area contributed by atoms with Crippen molar-refractivity contribution in [1.82, 2.24) is 14.8 Å². The van der Waals surface area contributed by atoms with E-state index < -0.39 is 0 Å². The molecule has 2 heterocycles. The minimum atomic E-state index is 0.151. The molecule has 1 saturated heterocycles. The number of amides is 1. The average molecular weight is 235 g/mol. The predicted octanol–water partition coefficient (Wildman–Crippen LogP) is 1.50. The summed E-state index contributed by atoms with van der Waals surface area (Å²) in [6.45, 7) is 8.85. The van der Waals surface area contributed by atoms with E-state index in [0.717, 1.165) is 25.3 Å². The van der Waals surface area contributed by atoms with E-state index in [2.05, 4.69) is 26.1 Å². The molecule has 94 valence electrons. The van der Waals surface area contributed by atoms with Crippen molar-refractivity contribution in [2.75, 3.05) is 19.6 Å². The molecule has 4 nitrogen and oxygen atoms in total. The van der Waals surface area contributed by atoms with E-state index in [4.69, 9.17) is 0 Å². The van der Waals surface area contributed by atoms with Crippen molar-refractivity contribution < 1.29 is 4.79 Å². The molecule has 0 radical (unpaired) electrons. The molecular formula is C13H21N3O. The fraction of sp³-hybridized carbons (Fsp3) is 0.615. The molecule has 0 spiro atoms. The van der Waals surface area contributed by atoms with Crippen LogP contribution in [0, 0.1) is 0 Å². The maximum absolute atomic E-state index is 12.5. The number of rotatable bonds is 2. The lowest BCUT2D eigenvalue weighted by molar-refractivity contribution is 0.0643. The quantitative estimate of drug-likeness (QED) is 0.843. The molecule has 1 aliphatic heterocycles. The van der Waals surface area contributed by atoms with Gasteiger partial charge in [-0.05, 0) is 32.9 Å². The first kappa shape index (κ1) is 12.2. The largest absolute Gasteiger partial charge is 0.341 e. The van der Waals surface area contributed by atoms with Crippen molar-refractivity contribution in [2.45, 2.75) is 32.9 Å². The van der Waals surface area contributed by atoms with E-state index in [9.17, 15) is 4.79 Å². The lowest BCUT2D eigenvalue weighted by Gasteiger charge is -2.34. The predicted molar refractivity (Wildman–Crippen MR) is 68.2 cm³/mol. The molecule has 0 unspecified atom stereocenters. The van der Waals surface area contributed by atoms with Crippen LogP contribution in [0.2, 0.25) is 0 Å². The number of piperazine rings is 1. The van der Waals surface area contributed by atoms with Gasteiger partial charge in [-0.2, -0.15) is 0 Å². The molecule has 0 saturated carbocycles. The van der Waals surface area contributed by atoms with Crippen LogP contribution in [-0.4, -0.2) is 41.1 Å². The zero-order chi connectivity index (χ0) is 12.4. The fourth-order valence-corrected chi connectivity index (χ4v) is 2.32. The van der Waals surface area contributed by atoms with Gasteiger partial charge in [-0.1, -0.05) is 0 Å². The Morgan fingerprint density at radius 2 is 2.29 bits per heavy atom. The van der Waals surface area contributed by atoms with E-state index in [1.807, 2.05) is 27.8 Å². The second-order valence-corrected chi connectivity index (χ2v) is 4.95. The van der Waals surface area contributed by atoms with Gasteiger partial charge in [0.2, 0.25) is 0 Å². The van der Waals surface area contributed by atoms with E-state index >= 15 is 0 Å². The molecule has 1 fully saturated rings. The molecule has 0 bridgehead atoms. The van der Waals surface area contributed by atoms with Crippen molar-refractivity contribution >= 4 is 5.91 Å². The monoisotopic (exact) mass is 235 g/mol. The van der Waals surface area contributed by atoms with E-state index in [0.29, 0.717) is 6.04 Å². The molecule has 1 aromatic heterocycles. The van der Waals surface area contributed by atoms with Crippen LogP contribution in [0.4, 0.5) is 0 Å². The summed E-state index contributed by atoms with van der Waals surface area (Å²) >= 11 is 0. The lowest BCUT2D eigenvalue weighted by Crippen LogP contribution is -2.52. The number of carbonyl (C=O) groups is 1. The Labute approximate surface area is 103 Å². The summed E-state index contributed by atoms with van der Waals surface area (Å²) in [6, 6.07) is 4.45. The van der Waals surface area contributed by atoms with Crippen molar-refractivity contribution in [3.63, 3.8) is 0 Å². The Balaban J connectivity index is 2.21. The van der Waals surface area contributed by atoms with Crippen molar-refractivity contribution in [1.29, 1.82) is 0 Å². The number of aromatic nitrogens is 1. The Morgan fingerprint density at radius 1 is 1.53 bits per heavy atom. The summed E-state index contributed by atoms with van der Waals surface area (Å²) in [5, 5.41) is 3.30. The third-order valence-corrected chi connectivity index (χ3v) is 3.32. The normalized spacial score (nSPS) is 20.9. The highest BCUT2D eigenvalue weighted by Gasteiger charge is 2.26. The molecule has 1 aliphatic rings. The molecule has 0 aromatic carbocycles. The maximum Gasteiger partial charge on any atom is 0.270 e. The molecule has 1 amide bonds. The molecule has 17 heavy (non-hydrogen) atoms. The van der Waals surface area contributed by atoms with Crippen LogP contribution in [0.25, 0.3) is 0 Å². The van der Waals surface area contributed by atoms with Crippen LogP contribution in [0.1, 0.15) is 37.3 Å². The zero-order valence-electron chi connectivity index (χ0n) is 10.8. The number of hydrogen-bond donors (Lipinski definition) is 1. The van der Waals surface area contributed by atoms with Gasteiger partial charge in [-0.3, -0.25) is 4.79 Å². The van der Waals surface area contributed by atoms with Crippen LogP contribution < -0.4 is 5.32 Å².